The van der Waals surface area contributed by atoms with Gasteiger partial charge in [0.1, 0.15) is 6.04 Å². The molecular formula is C21H26N4O4S. The molecule has 1 heterocycles. The molecule has 2 aromatic rings. The molecule has 2 unspecified atom stereocenters. The van der Waals surface area contributed by atoms with Crippen molar-refractivity contribution in [1.82, 2.24) is 9.97 Å². The number of amides is 1. The zero-order chi connectivity index (χ0) is 21.7. The van der Waals surface area contributed by atoms with Gasteiger partial charge in [0.05, 0.1) is 28.9 Å². The first-order chi connectivity index (χ1) is 14.3. The molecule has 0 saturated heterocycles. The number of anilines is 1. The Balaban J connectivity index is 1.80. The van der Waals surface area contributed by atoms with Crippen LogP contribution < -0.4 is 5.32 Å². The molecule has 0 aliphatic heterocycles. The number of hydrogen-bond acceptors (Lipinski definition) is 7. The van der Waals surface area contributed by atoms with Crippen molar-refractivity contribution in [2.24, 2.45) is 11.1 Å². The fourth-order valence-electron chi connectivity index (χ4n) is 3.81. The van der Waals surface area contributed by atoms with Crippen LogP contribution in [0, 0.1) is 10.8 Å². The third-order valence-corrected chi connectivity index (χ3v) is 6.71. The van der Waals surface area contributed by atoms with E-state index in [0.29, 0.717) is 23.9 Å². The van der Waals surface area contributed by atoms with Crippen molar-refractivity contribution < 1.29 is 13.2 Å². The Morgan fingerprint density at radius 3 is 2.37 bits per heavy atom. The van der Waals surface area contributed by atoms with Gasteiger partial charge in [0.25, 0.3) is 0 Å². The summed E-state index contributed by atoms with van der Waals surface area (Å²) in [5, 5.41) is 5.72. The van der Waals surface area contributed by atoms with Crippen LogP contribution in [-0.2, 0) is 14.6 Å². The van der Waals surface area contributed by atoms with Gasteiger partial charge in [0.2, 0.25) is 5.91 Å². The highest BCUT2D eigenvalue weighted by Gasteiger charge is 2.27. The first-order valence-electron chi connectivity index (χ1n) is 10.0. The Kier molecular flexibility index (Phi) is 6.91. The van der Waals surface area contributed by atoms with Gasteiger partial charge in [-0.15, -0.1) is 0 Å². The lowest BCUT2D eigenvalue weighted by Crippen LogP contribution is -2.24. The average molecular weight is 431 g/mol. The lowest BCUT2D eigenvalue weighted by Gasteiger charge is -2.20. The van der Waals surface area contributed by atoms with Crippen molar-refractivity contribution >= 4 is 21.6 Å². The van der Waals surface area contributed by atoms with Gasteiger partial charge in [-0.3, -0.25) is 9.78 Å². The number of nitroso groups, excluding NO2 is 1. The van der Waals surface area contributed by atoms with E-state index in [2.05, 4.69) is 20.5 Å². The number of carbonyl (C=O) groups excluding carboxylic acids is 1. The molecule has 0 radical (unpaired) electrons. The summed E-state index contributed by atoms with van der Waals surface area (Å²) in [5.41, 5.74) is 1.21. The number of hydrogen-bond donors (Lipinski definition) is 1. The molecule has 9 heteroatoms. The van der Waals surface area contributed by atoms with Gasteiger partial charge in [-0.25, -0.2) is 13.4 Å². The molecule has 1 N–H and O–H groups in total. The summed E-state index contributed by atoms with van der Waals surface area (Å²) >= 11 is 0. The van der Waals surface area contributed by atoms with Crippen molar-refractivity contribution in [2.75, 3.05) is 11.6 Å². The molecule has 1 aliphatic rings. The van der Waals surface area contributed by atoms with Gasteiger partial charge in [-0.1, -0.05) is 43.0 Å². The van der Waals surface area contributed by atoms with E-state index >= 15 is 0 Å². The number of aromatic nitrogens is 2. The van der Waals surface area contributed by atoms with Crippen LogP contribution in [-0.4, -0.2) is 30.5 Å². The third-order valence-electron chi connectivity index (χ3n) is 5.58. The van der Waals surface area contributed by atoms with E-state index < -0.39 is 21.8 Å². The zero-order valence-corrected chi connectivity index (χ0v) is 17.9. The van der Waals surface area contributed by atoms with Gasteiger partial charge in [0, 0.05) is 6.26 Å². The van der Waals surface area contributed by atoms with Crippen molar-refractivity contribution in [3.8, 4) is 0 Å². The molecule has 1 saturated carbocycles. The topological polar surface area (TPSA) is 118 Å². The fraction of sp³-hybridized carbons (Fsp3) is 0.476. The van der Waals surface area contributed by atoms with Crippen molar-refractivity contribution in [3.63, 3.8) is 0 Å². The Labute approximate surface area is 176 Å². The summed E-state index contributed by atoms with van der Waals surface area (Å²) in [5.74, 6) is 0.130. The highest BCUT2D eigenvalue weighted by molar-refractivity contribution is 7.90. The molecule has 1 aliphatic carbocycles. The van der Waals surface area contributed by atoms with Gasteiger partial charge in [-0.2, -0.15) is 4.91 Å². The molecular weight excluding hydrogens is 404 g/mol. The van der Waals surface area contributed by atoms with Crippen LogP contribution in [0.15, 0.2) is 46.7 Å². The molecule has 30 heavy (non-hydrogen) atoms. The van der Waals surface area contributed by atoms with Crippen LogP contribution in [0.25, 0.3) is 0 Å². The maximum Gasteiger partial charge on any atom is 0.233 e. The summed E-state index contributed by atoms with van der Waals surface area (Å²) in [6.45, 7) is 1.62. The lowest BCUT2D eigenvalue weighted by atomic mass is 9.87. The zero-order valence-electron chi connectivity index (χ0n) is 17.1. The maximum atomic E-state index is 13.1. The van der Waals surface area contributed by atoms with Gasteiger partial charge in [-0.05, 0) is 37.0 Å². The maximum absolute atomic E-state index is 13.1. The standard InChI is InChI=1S/C21H26N4O4S/c1-14(25-27)19-12-23-20(13-22-19)24-21(26)18(11-15-5-3-4-6-15)16-7-9-17(10-8-16)30(2,28)29/h7-10,12-15,18H,3-6,11H2,1-2H3,(H,23,24,26). The Morgan fingerprint density at radius 1 is 1.17 bits per heavy atom. The molecule has 1 aromatic heterocycles. The van der Waals surface area contributed by atoms with Crippen molar-refractivity contribution in [2.45, 2.75) is 55.9 Å². The van der Waals surface area contributed by atoms with E-state index in [1.807, 2.05) is 0 Å². The largest absolute Gasteiger partial charge is 0.309 e. The quantitative estimate of drug-likeness (QED) is 0.632. The molecule has 8 nitrogen and oxygen atoms in total. The second-order valence-corrected chi connectivity index (χ2v) is 9.89. The predicted molar refractivity (Wildman–Crippen MR) is 114 cm³/mol. The first kappa shape index (κ1) is 22.0. The molecule has 1 amide bonds. The fourth-order valence-corrected chi connectivity index (χ4v) is 4.44. The summed E-state index contributed by atoms with van der Waals surface area (Å²) in [6, 6.07) is 5.90. The highest BCUT2D eigenvalue weighted by atomic mass is 32.2. The molecule has 3 rings (SSSR count). The average Bonchev–Trinajstić information content (AvgIpc) is 3.25. The SMILES string of the molecule is CC(N=O)c1cnc(NC(=O)C(CC2CCCC2)c2ccc(S(C)(=O)=O)cc2)cn1. The molecule has 1 aromatic carbocycles. The van der Waals surface area contributed by atoms with Crippen LogP contribution in [0.5, 0.6) is 0 Å². The number of sulfone groups is 1. The number of rotatable bonds is 8. The third kappa shape index (κ3) is 5.47. The van der Waals surface area contributed by atoms with E-state index in [0.717, 1.165) is 24.7 Å². The van der Waals surface area contributed by atoms with Crippen LogP contribution in [0.3, 0.4) is 0 Å². The van der Waals surface area contributed by atoms with Gasteiger partial charge in [0.15, 0.2) is 15.7 Å². The predicted octanol–water partition coefficient (Wildman–Crippen LogP) is 4.01. The van der Waals surface area contributed by atoms with E-state index in [1.165, 1.54) is 25.2 Å². The van der Waals surface area contributed by atoms with Crippen LogP contribution in [0.1, 0.15) is 62.2 Å². The highest BCUT2D eigenvalue weighted by Crippen LogP contribution is 2.35. The van der Waals surface area contributed by atoms with Crippen molar-refractivity contribution in [1.29, 1.82) is 0 Å². The van der Waals surface area contributed by atoms with Crippen LogP contribution in [0.4, 0.5) is 5.82 Å². The summed E-state index contributed by atoms with van der Waals surface area (Å²) < 4.78 is 23.5. The Hall–Kier alpha value is -2.68. The molecule has 1 fully saturated rings. The minimum absolute atomic E-state index is 0.211. The minimum Gasteiger partial charge on any atom is -0.309 e. The van der Waals surface area contributed by atoms with Crippen LogP contribution >= 0.6 is 0 Å². The van der Waals surface area contributed by atoms with E-state index in [4.69, 9.17) is 0 Å². The molecule has 0 bridgehead atoms. The monoisotopic (exact) mass is 430 g/mol. The van der Waals surface area contributed by atoms with Gasteiger partial charge < -0.3 is 5.32 Å². The minimum atomic E-state index is -3.30. The van der Waals surface area contributed by atoms with E-state index in [9.17, 15) is 18.1 Å². The smallest absolute Gasteiger partial charge is 0.233 e. The van der Waals surface area contributed by atoms with E-state index in [-0.39, 0.29) is 10.8 Å². The molecule has 2 atom stereocenters. The second-order valence-electron chi connectivity index (χ2n) is 7.88. The van der Waals surface area contributed by atoms with Crippen LogP contribution in [0.2, 0.25) is 0 Å². The van der Waals surface area contributed by atoms with Gasteiger partial charge >= 0.3 is 0 Å². The summed E-state index contributed by atoms with van der Waals surface area (Å²) in [4.78, 5) is 32.3. The number of nitrogens with zero attached hydrogens (tertiary/aromatic N) is 3. The Morgan fingerprint density at radius 2 is 1.83 bits per heavy atom. The first-order valence-corrected chi connectivity index (χ1v) is 11.9. The molecule has 160 valence electrons. The number of nitrogens with one attached hydrogen (secondary N) is 1. The molecule has 0 spiro atoms. The number of carbonyl (C=O) groups is 1. The summed E-state index contributed by atoms with van der Waals surface area (Å²) in [6.07, 6.45) is 9.22. The second kappa shape index (κ2) is 9.42. The lowest BCUT2D eigenvalue weighted by molar-refractivity contribution is -0.118. The van der Waals surface area contributed by atoms with Crippen molar-refractivity contribution in [3.05, 3.63) is 52.8 Å². The number of benzene rings is 1. The summed E-state index contributed by atoms with van der Waals surface area (Å²) in [7, 11) is -3.30. The normalized spacial score (nSPS) is 16.7. The Bertz CT molecular complexity index is 985. The van der Waals surface area contributed by atoms with E-state index in [1.54, 1.807) is 31.2 Å².